The van der Waals surface area contributed by atoms with Gasteiger partial charge in [0.15, 0.2) is 5.13 Å². The summed E-state index contributed by atoms with van der Waals surface area (Å²) in [4.78, 5) is 9.25. The van der Waals surface area contributed by atoms with E-state index in [1.165, 1.54) is 11.8 Å². The predicted octanol–water partition coefficient (Wildman–Crippen LogP) is 4.42. The van der Waals surface area contributed by atoms with Crippen LogP contribution in [0, 0.1) is 5.82 Å². The minimum Gasteiger partial charge on any atom is -0.368 e. The molecule has 1 aliphatic heterocycles. The van der Waals surface area contributed by atoms with E-state index in [9.17, 15) is 4.39 Å². The van der Waals surface area contributed by atoms with Crippen molar-refractivity contribution >= 4 is 44.0 Å². The van der Waals surface area contributed by atoms with Crippen molar-refractivity contribution in [2.75, 3.05) is 36.0 Å². The maximum Gasteiger partial charge on any atom is 0.186 e. The standard InChI is InChI=1S/C17H15ClFN3S/c18-12-1-4-14(5-2-12)21-7-9-22(10-8-21)17-20-15-6-3-13(19)11-16(15)23-17/h1-6,11H,7-10H2. The fourth-order valence-electron chi connectivity index (χ4n) is 2.83. The van der Waals surface area contributed by atoms with Crippen LogP contribution >= 0.6 is 22.9 Å². The van der Waals surface area contributed by atoms with E-state index in [0.29, 0.717) is 0 Å². The minimum absolute atomic E-state index is 0.208. The summed E-state index contributed by atoms with van der Waals surface area (Å²) in [5, 5.41) is 1.73. The average Bonchev–Trinajstić information content (AvgIpc) is 2.99. The van der Waals surface area contributed by atoms with Crippen molar-refractivity contribution in [2.45, 2.75) is 0 Å². The topological polar surface area (TPSA) is 19.4 Å². The molecule has 0 bridgehead atoms. The van der Waals surface area contributed by atoms with Gasteiger partial charge in [-0.25, -0.2) is 9.37 Å². The Morgan fingerprint density at radius 1 is 0.957 bits per heavy atom. The zero-order valence-electron chi connectivity index (χ0n) is 12.4. The number of benzene rings is 2. The summed E-state index contributed by atoms with van der Waals surface area (Å²) in [6.07, 6.45) is 0. The summed E-state index contributed by atoms with van der Waals surface area (Å²) >= 11 is 7.50. The molecule has 1 fully saturated rings. The normalized spacial score (nSPS) is 15.4. The molecule has 23 heavy (non-hydrogen) atoms. The molecule has 0 spiro atoms. The monoisotopic (exact) mass is 347 g/mol. The summed E-state index contributed by atoms with van der Waals surface area (Å²) in [5.41, 5.74) is 2.06. The zero-order chi connectivity index (χ0) is 15.8. The third-order valence-electron chi connectivity index (χ3n) is 4.08. The molecule has 2 aromatic carbocycles. The fraction of sp³-hybridized carbons (Fsp3) is 0.235. The quantitative estimate of drug-likeness (QED) is 0.684. The number of thiazole rings is 1. The molecule has 0 saturated carbocycles. The van der Waals surface area contributed by atoms with Gasteiger partial charge in [-0.15, -0.1) is 0 Å². The van der Waals surface area contributed by atoms with Crippen molar-refractivity contribution in [3.63, 3.8) is 0 Å². The molecule has 6 heteroatoms. The first-order valence-electron chi connectivity index (χ1n) is 7.50. The Bertz CT molecular complexity index is 825. The summed E-state index contributed by atoms with van der Waals surface area (Å²) in [6.45, 7) is 3.69. The molecule has 1 saturated heterocycles. The Balaban J connectivity index is 1.48. The van der Waals surface area contributed by atoms with Crippen LogP contribution in [0.1, 0.15) is 0 Å². The number of anilines is 2. The van der Waals surface area contributed by atoms with E-state index in [-0.39, 0.29) is 5.82 Å². The molecular formula is C17H15ClFN3S. The molecule has 0 radical (unpaired) electrons. The molecule has 2 heterocycles. The van der Waals surface area contributed by atoms with Crippen molar-refractivity contribution in [1.82, 2.24) is 4.98 Å². The largest absolute Gasteiger partial charge is 0.368 e. The van der Waals surface area contributed by atoms with Crippen LogP contribution in [0.5, 0.6) is 0 Å². The molecule has 0 aliphatic carbocycles. The van der Waals surface area contributed by atoms with Gasteiger partial charge in [-0.3, -0.25) is 0 Å². The Hall–Kier alpha value is -1.85. The van der Waals surface area contributed by atoms with Crippen LogP contribution < -0.4 is 9.80 Å². The maximum atomic E-state index is 13.3. The maximum absolute atomic E-state index is 13.3. The molecule has 0 atom stereocenters. The molecule has 4 rings (SSSR count). The highest BCUT2D eigenvalue weighted by atomic mass is 35.5. The molecule has 0 amide bonds. The lowest BCUT2D eigenvalue weighted by atomic mass is 10.2. The van der Waals surface area contributed by atoms with Crippen molar-refractivity contribution in [3.05, 3.63) is 53.3 Å². The van der Waals surface area contributed by atoms with Crippen molar-refractivity contribution in [3.8, 4) is 0 Å². The smallest absolute Gasteiger partial charge is 0.186 e. The highest BCUT2D eigenvalue weighted by molar-refractivity contribution is 7.22. The Labute approximate surface area is 142 Å². The van der Waals surface area contributed by atoms with Gasteiger partial charge in [0.25, 0.3) is 0 Å². The van der Waals surface area contributed by atoms with Gasteiger partial charge in [0.05, 0.1) is 10.2 Å². The molecule has 0 unspecified atom stereocenters. The van der Waals surface area contributed by atoms with Crippen molar-refractivity contribution < 1.29 is 4.39 Å². The molecule has 0 N–H and O–H groups in total. The van der Waals surface area contributed by atoms with Crippen LogP contribution in [-0.2, 0) is 0 Å². The number of hydrogen-bond donors (Lipinski definition) is 0. The van der Waals surface area contributed by atoms with Crippen molar-refractivity contribution in [1.29, 1.82) is 0 Å². The molecule has 3 nitrogen and oxygen atoms in total. The highest BCUT2D eigenvalue weighted by Gasteiger charge is 2.20. The zero-order valence-corrected chi connectivity index (χ0v) is 13.9. The lowest BCUT2D eigenvalue weighted by Crippen LogP contribution is -2.46. The number of fused-ring (bicyclic) bond motifs is 1. The number of rotatable bonds is 2. The number of aromatic nitrogens is 1. The molecule has 1 aromatic heterocycles. The highest BCUT2D eigenvalue weighted by Crippen LogP contribution is 2.30. The van der Waals surface area contributed by atoms with Gasteiger partial charge in [0.1, 0.15) is 5.82 Å². The van der Waals surface area contributed by atoms with Crippen LogP contribution in [0.3, 0.4) is 0 Å². The first kappa shape index (κ1) is 14.7. The predicted molar refractivity (Wildman–Crippen MR) is 95.5 cm³/mol. The lowest BCUT2D eigenvalue weighted by Gasteiger charge is -2.36. The first-order valence-corrected chi connectivity index (χ1v) is 8.70. The number of halogens is 2. The molecular weight excluding hydrogens is 333 g/mol. The number of piperazine rings is 1. The minimum atomic E-state index is -0.208. The summed E-state index contributed by atoms with van der Waals surface area (Å²) in [6, 6.07) is 12.7. The SMILES string of the molecule is Fc1ccc2nc(N3CCN(c4ccc(Cl)cc4)CC3)sc2c1. The number of nitrogens with zero attached hydrogens (tertiary/aromatic N) is 3. The van der Waals surface area contributed by atoms with Crippen LogP contribution in [0.25, 0.3) is 10.2 Å². The van der Waals surface area contributed by atoms with Crippen LogP contribution in [-0.4, -0.2) is 31.2 Å². The second kappa shape index (κ2) is 5.98. The summed E-state index contributed by atoms with van der Waals surface area (Å²) < 4.78 is 14.2. The van der Waals surface area contributed by atoms with Gasteiger partial charge >= 0.3 is 0 Å². The molecule has 1 aliphatic rings. The van der Waals surface area contributed by atoms with E-state index >= 15 is 0 Å². The van der Waals surface area contributed by atoms with Crippen LogP contribution in [0.4, 0.5) is 15.2 Å². The van der Waals surface area contributed by atoms with E-state index in [0.717, 1.165) is 46.5 Å². The Morgan fingerprint density at radius 3 is 2.39 bits per heavy atom. The third kappa shape index (κ3) is 2.99. The summed E-state index contributed by atoms with van der Waals surface area (Å²) in [5.74, 6) is -0.208. The van der Waals surface area contributed by atoms with E-state index in [4.69, 9.17) is 11.6 Å². The fourth-order valence-corrected chi connectivity index (χ4v) is 4.00. The Kier molecular flexibility index (Phi) is 3.83. The van der Waals surface area contributed by atoms with Gasteiger partial charge in [-0.1, -0.05) is 22.9 Å². The van der Waals surface area contributed by atoms with Gasteiger partial charge in [-0.2, -0.15) is 0 Å². The van der Waals surface area contributed by atoms with Gasteiger partial charge < -0.3 is 9.80 Å². The van der Waals surface area contributed by atoms with E-state index in [1.54, 1.807) is 23.5 Å². The van der Waals surface area contributed by atoms with Gasteiger partial charge in [0, 0.05) is 36.9 Å². The van der Waals surface area contributed by atoms with Crippen LogP contribution in [0.2, 0.25) is 5.02 Å². The van der Waals surface area contributed by atoms with Crippen molar-refractivity contribution in [2.24, 2.45) is 0 Å². The van der Waals surface area contributed by atoms with Crippen LogP contribution in [0.15, 0.2) is 42.5 Å². The number of hydrogen-bond acceptors (Lipinski definition) is 4. The first-order chi connectivity index (χ1) is 11.2. The summed E-state index contributed by atoms with van der Waals surface area (Å²) in [7, 11) is 0. The van der Waals surface area contributed by atoms with E-state index in [2.05, 4.69) is 26.9 Å². The molecule has 3 aromatic rings. The second-order valence-corrected chi connectivity index (χ2v) is 7.00. The van der Waals surface area contributed by atoms with Gasteiger partial charge in [0.2, 0.25) is 0 Å². The average molecular weight is 348 g/mol. The Morgan fingerprint density at radius 2 is 1.65 bits per heavy atom. The molecule has 118 valence electrons. The van der Waals surface area contributed by atoms with Gasteiger partial charge in [-0.05, 0) is 42.5 Å². The van der Waals surface area contributed by atoms with E-state index in [1.807, 2.05) is 12.1 Å². The lowest BCUT2D eigenvalue weighted by molar-refractivity contribution is 0.630. The third-order valence-corrected chi connectivity index (χ3v) is 5.41. The second-order valence-electron chi connectivity index (χ2n) is 5.56. The van der Waals surface area contributed by atoms with E-state index < -0.39 is 0 Å².